The van der Waals surface area contributed by atoms with Crippen molar-refractivity contribution in [1.82, 2.24) is 10.2 Å². The van der Waals surface area contributed by atoms with Crippen molar-refractivity contribution in [1.29, 1.82) is 0 Å². The first kappa shape index (κ1) is 23.4. The third-order valence-electron chi connectivity index (χ3n) is 7.63. The molecule has 184 valence electrons. The van der Waals surface area contributed by atoms with E-state index in [2.05, 4.69) is 29.6 Å². The predicted octanol–water partition coefficient (Wildman–Crippen LogP) is 3.40. The molecule has 8 heteroatoms. The van der Waals surface area contributed by atoms with E-state index in [0.717, 1.165) is 35.1 Å². The second-order valence-electron chi connectivity index (χ2n) is 9.80. The van der Waals surface area contributed by atoms with Gasteiger partial charge in [-0.3, -0.25) is 4.79 Å². The molecular weight excluding hydrogens is 448 g/mol. The molecule has 2 N–H and O–H groups in total. The van der Waals surface area contributed by atoms with Gasteiger partial charge in [-0.05, 0) is 48.4 Å². The molecule has 2 fully saturated rings. The number of hydrogen-bond donors (Lipinski definition) is 2. The average Bonchev–Trinajstić information content (AvgIpc) is 3.40. The first-order valence-electron chi connectivity index (χ1n) is 12.1. The number of rotatable bonds is 5. The van der Waals surface area contributed by atoms with Crippen LogP contribution in [0.1, 0.15) is 43.2 Å². The highest BCUT2D eigenvalue weighted by Crippen LogP contribution is 2.44. The Morgan fingerprint density at radius 1 is 1.09 bits per heavy atom. The number of likely N-dealkylation sites (tertiary alicyclic amines) is 1. The van der Waals surface area contributed by atoms with Gasteiger partial charge in [0, 0.05) is 12.5 Å². The lowest BCUT2D eigenvalue weighted by Crippen LogP contribution is -2.58. The van der Waals surface area contributed by atoms with Crippen molar-refractivity contribution in [3.63, 3.8) is 0 Å². The van der Waals surface area contributed by atoms with Crippen LogP contribution in [0.5, 0.6) is 0 Å². The molecule has 8 nitrogen and oxygen atoms in total. The van der Waals surface area contributed by atoms with Gasteiger partial charge in [0.1, 0.15) is 12.6 Å². The molecule has 0 spiro atoms. The van der Waals surface area contributed by atoms with Gasteiger partial charge in [-0.2, -0.15) is 0 Å². The van der Waals surface area contributed by atoms with Crippen LogP contribution in [0.2, 0.25) is 0 Å². The van der Waals surface area contributed by atoms with Crippen LogP contribution in [0, 0.1) is 5.41 Å². The normalized spacial score (nSPS) is 25.6. The first-order chi connectivity index (χ1) is 16.9. The van der Waals surface area contributed by atoms with Crippen LogP contribution in [-0.4, -0.2) is 66.4 Å². The van der Waals surface area contributed by atoms with Crippen LogP contribution in [0.4, 0.5) is 4.79 Å². The van der Waals surface area contributed by atoms with E-state index in [4.69, 9.17) is 9.47 Å². The highest BCUT2D eigenvalue weighted by Gasteiger charge is 2.51. The number of piperidine rings is 1. The molecule has 2 saturated heterocycles. The highest BCUT2D eigenvalue weighted by atomic mass is 16.5. The van der Waals surface area contributed by atoms with E-state index in [1.165, 1.54) is 4.90 Å². The summed E-state index contributed by atoms with van der Waals surface area (Å²) >= 11 is 0. The largest absolute Gasteiger partial charge is 0.480 e. The van der Waals surface area contributed by atoms with Crippen LogP contribution in [0.15, 0.2) is 48.5 Å². The minimum atomic E-state index is -1.06. The van der Waals surface area contributed by atoms with Gasteiger partial charge in [-0.25, -0.2) is 9.59 Å². The molecule has 3 aliphatic rings. The topological polar surface area (TPSA) is 105 Å². The minimum absolute atomic E-state index is 0.0642. The SMILES string of the molecule is CC1(C(=O)N2CCCC[C@@H]2C(=O)O)COCC1NC(=O)OCC1c2ccccc2-c2ccccc21. The van der Waals surface area contributed by atoms with Crippen molar-refractivity contribution >= 4 is 18.0 Å². The van der Waals surface area contributed by atoms with E-state index < -0.39 is 29.6 Å². The summed E-state index contributed by atoms with van der Waals surface area (Å²) < 4.78 is 11.2. The van der Waals surface area contributed by atoms with Gasteiger partial charge in [0.05, 0.1) is 24.7 Å². The number of nitrogens with one attached hydrogen (secondary N) is 1. The average molecular weight is 479 g/mol. The van der Waals surface area contributed by atoms with E-state index in [9.17, 15) is 19.5 Å². The molecule has 3 atom stereocenters. The Balaban J connectivity index is 1.26. The fourth-order valence-electron chi connectivity index (χ4n) is 5.63. The molecule has 2 aliphatic heterocycles. The zero-order chi connectivity index (χ0) is 24.6. The Labute approximate surface area is 204 Å². The number of nitrogens with zero attached hydrogens (tertiary/aromatic N) is 1. The third-order valence-corrected chi connectivity index (χ3v) is 7.63. The maximum Gasteiger partial charge on any atom is 0.407 e. The molecular formula is C27H30N2O6. The zero-order valence-electron chi connectivity index (χ0n) is 19.7. The van der Waals surface area contributed by atoms with Crippen molar-refractivity contribution in [2.24, 2.45) is 5.41 Å². The quantitative estimate of drug-likeness (QED) is 0.683. The minimum Gasteiger partial charge on any atom is -0.480 e. The van der Waals surface area contributed by atoms with Gasteiger partial charge in [0.25, 0.3) is 0 Å². The fraction of sp³-hybridized carbons (Fsp3) is 0.444. The Kier molecular flexibility index (Phi) is 6.23. The lowest BCUT2D eigenvalue weighted by atomic mass is 9.82. The zero-order valence-corrected chi connectivity index (χ0v) is 19.7. The number of carboxylic acids is 1. The summed E-state index contributed by atoms with van der Waals surface area (Å²) in [4.78, 5) is 39.4. The van der Waals surface area contributed by atoms with E-state index in [1.54, 1.807) is 6.92 Å². The van der Waals surface area contributed by atoms with Gasteiger partial charge < -0.3 is 24.8 Å². The number of ether oxygens (including phenoxy) is 2. The maximum absolute atomic E-state index is 13.5. The molecule has 5 rings (SSSR count). The van der Waals surface area contributed by atoms with Gasteiger partial charge in [-0.15, -0.1) is 0 Å². The number of hydrogen-bond acceptors (Lipinski definition) is 5. The Hall–Kier alpha value is -3.39. The molecule has 0 bridgehead atoms. The number of carbonyl (C=O) groups excluding carboxylic acids is 2. The summed E-state index contributed by atoms with van der Waals surface area (Å²) in [5.41, 5.74) is 3.48. The standard InChI is InChI=1S/C27H30N2O6/c1-27(25(32)29-13-7-6-12-22(29)24(30)31)16-34-15-23(27)28-26(33)35-14-21-19-10-4-2-8-17(19)18-9-3-5-11-20(18)21/h2-5,8-11,21-23H,6-7,12-16H2,1H3,(H,28,33)(H,30,31)/t22-,23?,27?/m1/s1. The molecule has 2 aromatic rings. The van der Waals surface area contributed by atoms with Gasteiger partial charge in [0.15, 0.2) is 0 Å². The Morgan fingerprint density at radius 2 is 1.74 bits per heavy atom. The number of fused-ring (bicyclic) bond motifs is 3. The van der Waals surface area contributed by atoms with Crippen molar-refractivity contribution in [3.05, 3.63) is 59.7 Å². The molecule has 2 aromatic carbocycles. The molecule has 2 amide bonds. The van der Waals surface area contributed by atoms with Crippen LogP contribution < -0.4 is 5.32 Å². The fourth-order valence-corrected chi connectivity index (χ4v) is 5.63. The van der Waals surface area contributed by atoms with Crippen molar-refractivity contribution < 1.29 is 29.0 Å². The van der Waals surface area contributed by atoms with Gasteiger partial charge in [0.2, 0.25) is 5.91 Å². The summed E-state index contributed by atoms with van der Waals surface area (Å²) in [5.74, 6) is -1.36. The summed E-state index contributed by atoms with van der Waals surface area (Å²) in [7, 11) is 0. The lowest BCUT2D eigenvalue weighted by Gasteiger charge is -2.39. The number of aliphatic carboxylic acids is 1. The summed E-state index contributed by atoms with van der Waals surface area (Å²) in [6.07, 6.45) is 1.35. The maximum atomic E-state index is 13.5. The molecule has 1 aliphatic carbocycles. The molecule has 2 heterocycles. The van der Waals surface area contributed by atoms with Crippen LogP contribution >= 0.6 is 0 Å². The smallest absolute Gasteiger partial charge is 0.407 e. The molecule has 2 unspecified atom stereocenters. The van der Waals surface area contributed by atoms with Crippen molar-refractivity contribution in [3.8, 4) is 11.1 Å². The van der Waals surface area contributed by atoms with Gasteiger partial charge >= 0.3 is 12.1 Å². The number of carbonyl (C=O) groups is 3. The molecule has 0 aromatic heterocycles. The van der Waals surface area contributed by atoms with E-state index in [-0.39, 0.29) is 31.6 Å². The van der Waals surface area contributed by atoms with E-state index in [1.807, 2.05) is 24.3 Å². The Bertz CT molecular complexity index is 1100. The van der Waals surface area contributed by atoms with Crippen molar-refractivity contribution in [2.75, 3.05) is 26.4 Å². The second kappa shape index (κ2) is 9.34. The second-order valence-corrected chi connectivity index (χ2v) is 9.80. The van der Waals surface area contributed by atoms with Crippen molar-refractivity contribution in [2.45, 2.75) is 44.2 Å². The molecule has 0 saturated carbocycles. The Morgan fingerprint density at radius 3 is 2.40 bits per heavy atom. The van der Waals surface area contributed by atoms with E-state index >= 15 is 0 Å². The summed E-state index contributed by atoms with van der Waals surface area (Å²) in [6, 6.07) is 14.8. The monoisotopic (exact) mass is 478 g/mol. The highest BCUT2D eigenvalue weighted by molar-refractivity contribution is 5.89. The predicted molar refractivity (Wildman–Crippen MR) is 128 cm³/mol. The number of carboxylic acid groups (broad SMARTS) is 1. The van der Waals surface area contributed by atoms with E-state index in [0.29, 0.717) is 13.0 Å². The molecule has 0 radical (unpaired) electrons. The third kappa shape index (κ3) is 4.16. The van der Waals surface area contributed by atoms with Crippen LogP contribution in [0.25, 0.3) is 11.1 Å². The van der Waals surface area contributed by atoms with Crippen LogP contribution in [-0.2, 0) is 19.1 Å². The first-order valence-corrected chi connectivity index (χ1v) is 12.1. The van der Waals surface area contributed by atoms with Crippen LogP contribution in [0.3, 0.4) is 0 Å². The summed E-state index contributed by atoms with van der Waals surface area (Å²) in [5, 5.41) is 12.4. The lowest BCUT2D eigenvalue weighted by molar-refractivity contribution is -0.157. The molecule has 35 heavy (non-hydrogen) atoms. The summed E-state index contributed by atoms with van der Waals surface area (Å²) in [6.45, 7) is 2.57. The number of alkyl carbamates (subject to hydrolysis) is 1. The van der Waals surface area contributed by atoms with Gasteiger partial charge in [-0.1, -0.05) is 48.5 Å². The number of amides is 2. The number of benzene rings is 2.